The minimum Gasteiger partial charge on any atom is -0.508 e. The molecular formula is C21H21NO3. The second-order valence-corrected chi connectivity index (χ2v) is 6.24. The topological polar surface area (TPSA) is 73.3 Å². The highest BCUT2D eigenvalue weighted by molar-refractivity contribution is 5.93. The van der Waals surface area contributed by atoms with Gasteiger partial charge in [0.15, 0.2) is 5.78 Å². The zero-order valence-electron chi connectivity index (χ0n) is 14.1. The molecule has 25 heavy (non-hydrogen) atoms. The van der Waals surface area contributed by atoms with Crippen LogP contribution in [0.3, 0.4) is 0 Å². The van der Waals surface area contributed by atoms with Gasteiger partial charge in [-0.2, -0.15) is 0 Å². The smallest absolute Gasteiger partial charge is 0.155 e. The van der Waals surface area contributed by atoms with Gasteiger partial charge in [-0.25, -0.2) is 0 Å². The molecule has 0 spiro atoms. The summed E-state index contributed by atoms with van der Waals surface area (Å²) in [5, 5.41) is 20.1. The van der Waals surface area contributed by atoms with Gasteiger partial charge in [-0.05, 0) is 72.9 Å². The standard InChI is InChI=1S/C21H21NO3/c1-14-11-15(6-10-21(14)25)5-7-17(23)4-2-3-16-13-22-20-9-8-18(24)12-19(16)20/h5-13,22,24-25H,2-4H2,1H3/b7-5+. The molecule has 4 nitrogen and oxygen atoms in total. The number of benzene rings is 2. The number of aromatic nitrogens is 1. The molecule has 128 valence electrons. The van der Waals surface area contributed by atoms with Crippen LogP contribution in [0, 0.1) is 6.92 Å². The Morgan fingerprint density at radius 2 is 2.00 bits per heavy atom. The molecule has 3 aromatic rings. The van der Waals surface area contributed by atoms with Crippen molar-refractivity contribution in [2.24, 2.45) is 0 Å². The van der Waals surface area contributed by atoms with E-state index < -0.39 is 0 Å². The predicted octanol–water partition coefficient (Wildman–Crippen LogP) is 4.49. The number of ketones is 1. The second-order valence-electron chi connectivity index (χ2n) is 6.24. The van der Waals surface area contributed by atoms with Crippen molar-refractivity contribution in [3.05, 3.63) is 65.4 Å². The van der Waals surface area contributed by atoms with Crippen LogP contribution in [0.5, 0.6) is 11.5 Å². The number of hydrogen-bond acceptors (Lipinski definition) is 3. The SMILES string of the molecule is Cc1cc(/C=C/C(=O)CCCc2c[nH]c3ccc(O)cc23)ccc1O. The van der Waals surface area contributed by atoms with Crippen molar-refractivity contribution in [3.63, 3.8) is 0 Å². The zero-order chi connectivity index (χ0) is 17.8. The van der Waals surface area contributed by atoms with Gasteiger partial charge in [0.05, 0.1) is 0 Å². The number of aromatic hydroxyl groups is 2. The number of fused-ring (bicyclic) bond motifs is 1. The first-order chi connectivity index (χ1) is 12.0. The summed E-state index contributed by atoms with van der Waals surface area (Å²) in [6, 6.07) is 10.5. The molecule has 0 aliphatic rings. The summed E-state index contributed by atoms with van der Waals surface area (Å²) in [6.45, 7) is 1.83. The van der Waals surface area contributed by atoms with Crippen molar-refractivity contribution in [3.8, 4) is 11.5 Å². The minimum atomic E-state index is 0.0772. The summed E-state index contributed by atoms with van der Waals surface area (Å²) < 4.78 is 0. The summed E-state index contributed by atoms with van der Waals surface area (Å²) in [6.07, 6.45) is 7.30. The Kier molecular flexibility index (Phi) is 4.89. The van der Waals surface area contributed by atoms with E-state index in [0.717, 1.165) is 40.4 Å². The molecule has 0 unspecified atom stereocenters. The molecule has 0 fully saturated rings. The van der Waals surface area contributed by atoms with Gasteiger partial charge >= 0.3 is 0 Å². The van der Waals surface area contributed by atoms with Crippen LogP contribution < -0.4 is 0 Å². The molecule has 0 radical (unpaired) electrons. The Hall–Kier alpha value is -3.01. The number of phenols is 2. The van der Waals surface area contributed by atoms with E-state index in [1.807, 2.05) is 25.3 Å². The molecule has 0 bridgehead atoms. The number of aryl methyl sites for hydroxylation is 2. The number of nitrogens with one attached hydrogen (secondary N) is 1. The third-order valence-electron chi connectivity index (χ3n) is 4.30. The van der Waals surface area contributed by atoms with Crippen molar-refractivity contribution in [1.29, 1.82) is 0 Å². The largest absolute Gasteiger partial charge is 0.508 e. The van der Waals surface area contributed by atoms with Crippen LogP contribution in [0.4, 0.5) is 0 Å². The van der Waals surface area contributed by atoms with Crippen LogP contribution in [0.15, 0.2) is 48.7 Å². The zero-order valence-corrected chi connectivity index (χ0v) is 14.1. The van der Waals surface area contributed by atoms with Crippen LogP contribution in [0.2, 0.25) is 0 Å². The number of hydrogen-bond donors (Lipinski definition) is 3. The molecule has 1 heterocycles. The third kappa shape index (κ3) is 4.10. The second kappa shape index (κ2) is 7.26. The molecule has 0 aliphatic heterocycles. The maximum absolute atomic E-state index is 12.0. The highest BCUT2D eigenvalue weighted by Crippen LogP contribution is 2.24. The number of allylic oxidation sites excluding steroid dienone is 1. The number of carbonyl (C=O) groups is 1. The summed E-state index contributed by atoms with van der Waals surface area (Å²) in [5.74, 6) is 0.582. The normalized spacial score (nSPS) is 11.4. The van der Waals surface area contributed by atoms with Gasteiger partial charge in [0.25, 0.3) is 0 Å². The Morgan fingerprint density at radius 3 is 2.80 bits per heavy atom. The van der Waals surface area contributed by atoms with E-state index in [1.165, 1.54) is 0 Å². The monoisotopic (exact) mass is 335 g/mol. The molecular weight excluding hydrogens is 314 g/mol. The number of rotatable bonds is 6. The quantitative estimate of drug-likeness (QED) is 0.581. The van der Waals surface area contributed by atoms with E-state index in [4.69, 9.17) is 0 Å². The van der Waals surface area contributed by atoms with Crippen molar-refractivity contribution >= 4 is 22.8 Å². The number of carbonyl (C=O) groups excluding carboxylic acids is 1. The third-order valence-corrected chi connectivity index (χ3v) is 4.30. The van der Waals surface area contributed by atoms with Crippen molar-refractivity contribution in [1.82, 2.24) is 4.98 Å². The molecule has 0 saturated heterocycles. The molecule has 0 saturated carbocycles. The number of phenolic OH excluding ortho intramolecular Hbond substituents is 2. The number of H-pyrrole nitrogens is 1. The van der Waals surface area contributed by atoms with E-state index in [2.05, 4.69) is 4.98 Å². The number of aromatic amines is 1. The lowest BCUT2D eigenvalue weighted by Gasteiger charge is -2.00. The molecule has 3 N–H and O–H groups in total. The highest BCUT2D eigenvalue weighted by Gasteiger charge is 2.06. The lowest BCUT2D eigenvalue weighted by Crippen LogP contribution is -1.94. The predicted molar refractivity (Wildman–Crippen MR) is 99.8 cm³/mol. The maximum atomic E-state index is 12.0. The Bertz CT molecular complexity index is 937. The minimum absolute atomic E-state index is 0.0772. The van der Waals surface area contributed by atoms with E-state index in [0.29, 0.717) is 6.42 Å². The van der Waals surface area contributed by atoms with E-state index >= 15 is 0 Å². The maximum Gasteiger partial charge on any atom is 0.155 e. The first-order valence-electron chi connectivity index (χ1n) is 8.32. The van der Waals surface area contributed by atoms with Gasteiger partial charge in [-0.3, -0.25) is 4.79 Å². The Balaban J connectivity index is 1.56. The fourth-order valence-corrected chi connectivity index (χ4v) is 2.88. The Morgan fingerprint density at radius 1 is 1.16 bits per heavy atom. The summed E-state index contributed by atoms with van der Waals surface area (Å²) in [5.41, 5.74) is 3.78. The molecule has 0 atom stereocenters. The fraction of sp³-hybridized carbons (Fsp3) is 0.190. The van der Waals surface area contributed by atoms with E-state index in [-0.39, 0.29) is 17.3 Å². The van der Waals surface area contributed by atoms with Crippen molar-refractivity contribution < 1.29 is 15.0 Å². The first kappa shape index (κ1) is 16.8. The van der Waals surface area contributed by atoms with Gasteiger partial charge in [0, 0.05) is 23.5 Å². The van der Waals surface area contributed by atoms with Crippen molar-refractivity contribution in [2.75, 3.05) is 0 Å². The van der Waals surface area contributed by atoms with Crippen LogP contribution in [-0.2, 0) is 11.2 Å². The summed E-state index contributed by atoms with van der Waals surface area (Å²) in [4.78, 5) is 15.2. The summed E-state index contributed by atoms with van der Waals surface area (Å²) >= 11 is 0. The van der Waals surface area contributed by atoms with E-state index in [1.54, 1.807) is 36.4 Å². The van der Waals surface area contributed by atoms with Crippen LogP contribution in [-0.4, -0.2) is 21.0 Å². The lowest BCUT2D eigenvalue weighted by molar-refractivity contribution is -0.114. The molecule has 2 aromatic carbocycles. The Labute approximate surface area is 146 Å². The molecule has 1 aromatic heterocycles. The lowest BCUT2D eigenvalue weighted by atomic mass is 10.0. The average Bonchev–Trinajstić information content (AvgIpc) is 2.98. The molecule has 0 aliphatic carbocycles. The van der Waals surface area contributed by atoms with Gasteiger partial charge in [-0.15, -0.1) is 0 Å². The average molecular weight is 335 g/mol. The molecule has 3 rings (SSSR count). The molecule has 0 amide bonds. The van der Waals surface area contributed by atoms with Gasteiger partial charge < -0.3 is 15.2 Å². The van der Waals surface area contributed by atoms with Gasteiger partial charge in [0.1, 0.15) is 11.5 Å². The fourth-order valence-electron chi connectivity index (χ4n) is 2.88. The van der Waals surface area contributed by atoms with Gasteiger partial charge in [0.2, 0.25) is 0 Å². The van der Waals surface area contributed by atoms with Crippen molar-refractivity contribution in [2.45, 2.75) is 26.2 Å². The summed E-state index contributed by atoms with van der Waals surface area (Å²) in [7, 11) is 0. The first-order valence-corrected chi connectivity index (χ1v) is 8.32. The van der Waals surface area contributed by atoms with Crippen LogP contribution >= 0.6 is 0 Å². The van der Waals surface area contributed by atoms with Gasteiger partial charge in [-0.1, -0.05) is 12.1 Å². The van der Waals surface area contributed by atoms with E-state index in [9.17, 15) is 15.0 Å². The van der Waals surface area contributed by atoms with Crippen LogP contribution in [0.1, 0.15) is 29.5 Å². The van der Waals surface area contributed by atoms with Crippen LogP contribution in [0.25, 0.3) is 17.0 Å². The molecule has 4 heteroatoms. The highest BCUT2D eigenvalue weighted by atomic mass is 16.3.